The number of nitrogens with zero attached hydrogens (tertiary/aromatic N) is 1. The fraction of sp³-hybridized carbons (Fsp3) is 0.312. The summed E-state index contributed by atoms with van der Waals surface area (Å²) in [4.78, 5) is 15.9. The van der Waals surface area contributed by atoms with Gasteiger partial charge < -0.3 is 0 Å². The molecule has 5 heteroatoms. The summed E-state index contributed by atoms with van der Waals surface area (Å²) in [6.07, 6.45) is 2.29. The van der Waals surface area contributed by atoms with Gasteiger partial charge in [0.2, 0.25) is 0 Å². The fourth-order valence-electron chi connectivity index (χ4n) is 2.63. The summed E-state index contributed by atoms with van der Waals surface area (Å²) in [6.45, 7) is 0.787. The lowest BCUT2D eigenvalue weighted by molar-refractivity contribution is -0.127. The largest absolute Gasteiger partial charge is 0.293 e. The summed E-state index contributed by atoms with van der Waals surface area (Å²) in [6, 6.07) is 14.2. The zero-order valence-corrected chi connectivity index (χ0v) is 12.6. The van der Waals surface area contributed by atoms with E-state index in [4.69, 9.17) is 5.84 Å². The van der Waals surface area contributed by atoms with Crippen LogP contribution in [0.5, 0.6) is 0 Å². The summed E-state index contributed by atoms with van der Waals surface area (Å²) in [5.41, 5.74) is 3.32. The van der Waals surface area contributed by atoms with Crippen molar-refractivity contribution in [2.24, 2.45) is 5.84 Å². The Morgan fingerprint density at radius 2 is 2.05 bits per heavy atom. The smallest absolute Gasteiger partial charge is 0.255 e. The molecule has 21 heavy (non-hydrogen) atoms. The summed E-state index contributed by atoms with van der Waals surface area (Å²) in [5, 5.41) is 2.07. The second kappa shape index (κ2) is 6.39. The SMILES string of the molecule is NNC(=O)C(c1ccccc1)N(Cc1cccs1)C1CC1. The van der Waals surface area contributed by atoms with Gasteiger partial charge in [0, 0.05) is 17.5 Å². The fourth-order valence-corrected chi connectivity index (χ4v) is 3.34. The summed E-state index contributed by atoms with van der Waals surface area (Å²) in [5.74, 6) is 5.27. The first kappa shape index (κ1) is 14.3. The Hall–Kier alpha value is -1.69. The average molecular weight is 301 g/mol. The van der Waals surface area contributed by atoms with Gasteiger partial charge in [-0.15, -0.1) is 11.3 Å². The highest BCUT2D eigenvalue weighted by atomic mass is 32.1. The molecule has 1 aliphatic rings. The molecule has 1 fully saturated rings. The molecule has 1 aromatic heterocycles. The number of carbonyl (C=O) groups is 1. The monoisotopic (exact) mass is 301 g/mol. The molecular formula is C16H19N3OS. The van der Waals surface area contributed by atoms with Crippen LogP contribution in [0.1, 0.15) is 29.3 Å². The van der Waals surface area contributed by atoms with E-state index in [0.717, 1.165) is 24.9 Å². The van der Waals surface area contributed by atoms with E-state index in [1.54, 1.807) is 11.3 Å². The quantitative estimate of drug-likeness (QED) is 0.489. The molecule has 1 aliphatic carbocycles. The van der Waals surface area contributed by atoms with Crippen molar-refractivity contribution in [3.63, 3.8) is 0 Å². The van der Waals surface area contributed by atoms with Crippen LogP contribution in [0.2, 0.25) is 0 Å². The van der Waals surface area contributed by atoms with E-state index in [2.05, 4.69) is 21.8 Å². The zero-order valence-electron chi connectivity index (χ0n) is 11.7. The first-order valence-corrected chi connectivity index (χ1v) is 8.01. The normalized spacial score (nSPS) is 15.9. The number of hydrogen-bond acceptors (Lipinski definition) is 4. The third-order valence-corrected chi connectivity index (χ3v) is 4.63. The standard InChI is InChI=1S/C16H19N3OS/c17-18-16(20)15(12-5-2-1-3-6-12)19(13-8-9-13)11-14-7-4-10-21-14/h1-7,10,13,15H,8-9,11,17H2,(H,18,20). The molecule has 3 rings (SSSR count). The van der Waals surface area contributed by atoms with E-state index in [1.807, 2.05) is 36.4 Å². The van der Waals surface area contributed by atoms with Gasteiger partial charge in [0.05, 0.1) is 0 Å². The minimum atomic E-state index is -0.328. The maximum Gasteiger partial charge on any atom is 0.255 e. The highest BCUT2D eigenvalue weighted by Gasteiger charge is 2.38. The molecule has 1 atom stereocenters. The van der Waals surface area contributed by atoms with Crippen LogP contribution in [0.25, 0.3) is 0 Å². The van der Waals surface area contributed by atoms with Gasteiger partial charge in [0.15, 0.2) is 0 Å². The van der Waals surface area contributed by atoms with E-state index in [-0.39, 0.29) is 11.9 Å². The predicted molar refractivity (Wildman–Crippen MR) is 84.4 cm³/mol. The lowest BCUT2D eigenvalue weighted by Crippen LogP contribution is -2.43. The number of nitrogens with two attached hydrogens (primary N) is 1. The number of hydrazine groups is 1. The Kier molecular flexibility index (Phi) is 4.34. The Bertz CT molecular complexity index is 581. The Morgan fingerprint density at radius 1 is 1.29 bits per heavy atom. The number of benzene rings is 1. The van der Waals surface area contributed by atoms with Crippen molar-refractivity contribution in [3.05, 3.63) is 58.3 Å². The molecule has 1 unspecified atom stereocenters. The van der Waals surface area contributed by atoms with Gasteiger partial charge in [-0.1, -0.05) is 36.4 Å². The molecule has 1 amide bonds. The number of carbonyl (C=O) groups excluding carboxylic acids is 1. The van der Waals surface area contributed by atoms with E-state index < -0.39 is 0 Å². The molecule has 2 aromatic rings. The molecule has 1 saturated carbocycles. The van der Waals surface area contributed by atoms with Crippen molar-refractivity contribution in [2.45, 2.75) is 31.5 Å². The van der Waals surface area contributed by atoms with Gasteiger partial charge in [-0.2, -0.15) is 0 Å². The minimum Gasteiger partial charge on any atom is -0.293 e. The first-order chi connectivity index (χ1) is 10.3. The highest BCUT2D eigenvalue weighted by Crippen LogP contribution is 2.36. The first-order valence-electron chi connectivity index (χ1n) is 7.13. The maximum absolute atomic E-state index is 12.3. The van der Waals surface area contributed by atoms with Crippen LogP contribution in [0, 0.1) is 0 Å². The molecule has 0 aliphatic heterocycles. The van der Waals surface area contributed by atoms with E-state index in [9.17, 15) is 4.79 Å². The molecule has 0 bridgehead atoms. The lowest BCUT2D eigenvalue weighted by Gasteiger charge is -2.30. The van der Waals surface area contributed by atoms with Crippen molar-refractivity contribution in [2.75, 3.05) is 0 Å². The van der Waals surface area contributed by atoms with Crippen LogP contribution in [-0.4, -0.2) is 16.8 Å². The molecule has 3 N–H and O–H groups in total. The van der Waals surface area contributed by atoms with Gasteiger partial charge in [-0.3, -0.25) is 15.1 Å². The number of thiophene rings is 1. The third-order valence-electron chi connectivity index (χ3n) is 3.77. The van der Waals surface area contributed by atoms with Crippen molar-refractivity contribution < 1.29 is 4.79 Å². The Labute approximate surface area is 128 Å². The van der Waals surface area contributed by atoms with Crippen LogP contribution in [0.4, 0.5) is 0 Å². The zero-order chi connectivity index (χ0) is 14.7. The van der Waals surface area contributed by atoms with Crippen LogP contribution in [0.15, 0.2) is 47.8 Å². The van der Waals surface area contributed by atoms with Crippen molar-refractivity contribution in [1.29, 1.82) is 0 Å². The van der Waals surface area contributed by atoms with E-state index in [1.165, 1.54) is 4.88 Å². The van der Waals surface area contributed by atoms with Crippen molar-refractivity contribution >= 4 is 17.2 Å². The van der Waals surface area contributed by atoms with E-state index >= 15 is 0 Å². The van der Waals surface area contributed by atoms with Crippen LogP contribution in [0.3, 0.4) is 0 Å². The average Bonchev–Trinajstić information content (AvgIpc) is 3.24. The maximum atomic E-state index is 12.3. The molecule has 110 valence electrons. The highest BCUT2D eigenvalue weighted by molar-refractivity contribution is 7.09. The van der Waals surface area contributed by atoms with Gasteiger partial charge in [0.25, 0.3) is 5.91 Å². The van der Waals surface area contributed by atoms with Gasteiger partial charge in [0.1, 0.15) is 6.04 Å². The second-order valence-electron chi connectivity index (χ2n) is 5.30. The molecule has 1 aromatic carbocycles. The third kappa shape index (κ3) is 3.32. The van der Waals surface area contributed by atoms with Gasteiger partial charge in [-0.05, 0) is 29.9 Å². The van der Waals surface area contributed by atoms with Gasteiger partial charge >= 0.3 is 0 Å². The van der Waals surface area contributed by atoms with Crippen LogP contribution >= 0.6 is 11.3 Å². The van der Waals surface area contributed by atoms with Crippen molar-refractivity contribution in [1.82, 2.24) is 10.3 Å². The number of hydrogen-bond donors (Lipinski definition) is 2. The van der Waals surface area contributed by atoms with Crippen LogP contribution < -0.4 is 11.3 Å². The molecule has 0 spiro atoms. The number of nitrogens with one attached hydrogen (secondary N) is 1. The number of rotatable bonds is 6. The summed E-state index contributed by atoms with van der Waals surface area (Å²) in [7, 11) is 0. The molecule has 1 heterocycles. The molecule has 4 nitrogen and oxygen atoms in total. The van der Waals surface area contributed by atoms with Gasteiger partial charge in [-0.25, -0.2) is 5.84 Å². The van der Waals surface area contributed by atoms with E-state index in [0.29, 0.717) is 6.04 Å². The summed E-state index contributed by atoms with van der Waals surface area (Å²) >= 11 is 1.72. The Morgan fingerprint density at radius 3 is 2.62 bits per heavy atom. The van der Waals surface area contributed by atoms with Crippen LogP contribution in [-0.2, 0) is 11.3 Å². The predicted octanol–water partition coefficient (Wildman–Crippen LogP) is 2.44. The minimum absolute atomic E-state index is 0.148. The topological polar surface area (TPSA) is 58.4 Å². The number of amides is 1. The molecular weight excluding hydrogens is 282 g/mol. The molecule has 0 radical (unpaired) electrons. The Balaban J connectivity index is 1.90. The van der Waals surface area contributed by atoms with Crippen molar-refractivity contribution in [3.8, 4) is 0 Å². The lowest BCUT2D eigenvalue weighted by atomic mass is 10.0. The second-order valence-corrected chi connectivity index (χ2v) is 6.34. The summed E-state index contributed by atoms with van der Waals surface area (Å²) < 4.78 is 0. The molecule has 0 saturated heterocycles.